The SMILES string of the molecule is CCc1cc(C(=O)N2CCC[C@@H](c3cc(C(F)(F)F)c4c(C)noc4n3)C2)no1. The van der Waals surface area contributed by atoms with E-state index >= 15 is 0 Å². The molecule has 1 saturated heterocycles. The Morgan fingerprint density at radius 1 is 1.28 bits per heavy atom. The van der Waals surface area contributed by atoms with Gasteiger partial charge in [-0.1, -0.05) is 17.2 Å². The molecule has 1 atom stereocenters. The number of pyridine rings is 1. The molecule has 3 aromatic heterocycles. The minimum atomic E-state index is -4.56. The van der Waals surface area contributed by atoms with E-state index < -0.39 is 11.7 Å². The lowest BCUT2D eigenvalue weighted by Gasteiger charge is -2.32. The molecular formula is C19H19F3N4O3. The van der Waals surface area contributed by atoms with Crippen LogP contribution >= 0.6 is 0 Å². The normalized spacial score (nSPS) is 17.8. The summed E-state index contributed by atoms with van der Waals surface area (Å²) in [6, 6.07) is 2.64. The fourth-order valence-electron chi connectivity index (χ4n) is 3.69. The zero-order valence-corrected chi connectivity index (χ0v) is 15.9. The number of nitrogens with zero attached hydrogens (tertiary/aromatic N) is 4. The van der Waals surface area contributed by atoms with Gasteiger partial charge in [-0.05, 0) is 25.8 Å². The molecule has 0 aliphatic carbocycles. The van der Waals surface area contributed by atoms with E-state index in [9.17, 15) is 18.0 Å². The monoisotopic (exact) mass is 408 g/mol. The summed E-state index contributed by atoms with van der Waals surface area (Å²) in [6.45, 7) is 4.08. The molecule has 1 amide bonds. The minimum Gasteiger partial charge on any atom is -0.361 e. The van der Waals surface area contributed by atoms with Crippen molar-refractivity contribution in [2.24, 2.45) is 0 Å². The van der Waals surface area contributed by atoms with Gasteiger partial charge in [0.2, 0.25) is 0 Å². The van der Waals surface area contributed by atoms with Gasteiger partial charge in [-0.15, -0.1) is 0 Å². The summed E-state index contributed by atoms with van der Waals surface area (Å²) in [5, 5.41) is 7.30. The first kappa shape index (κ1) is 19.4. The maximum Gasteiger partial charge on any atom is 0.417 e. The van der Waals surface area contributed by atoms with Gasteiger partial charge in [0.15, 0.2) is 5.69 Å². The van der Waals surface area contributed by atoms with E-state index in [1.807, 2.05) is 6.92 Å². The minimum absolute atomic E-state index is 0.125. The summed E-state index contributed by atoms with van der Waals surface area (Å²) < 4.78 is 50.9. The third-order valence-electron chi connectivity index (χ3n) is 5.20. The quantitative estimate of drug-likeness (QED) is 0.648. The first-order valence-corrected chi connectivity index (χ1v) is 9.37. The van der Waals surface area contributed by atoms with Crippen LogP contribution in [0.5, 0.6) is 0 Å². The molecule has 0 radical (unpaired) electrons. The van der Waals surface area contributed by atoms with Crippen LogP contribution in [0.3, 0.4) is 0 Å². The number of amides is 1. The molecule has 154 valence electrons. The van der Waals surface area contributed by atoms with E-state index in [1.54, 1.807) is 11.0 Å². The Labute approximate surface area is 163 Å². The molecule has 3 aromatic rings. The van der Waals surface area contributed by atoms with Gasteiger partial charge >= 0.3 is 6.18 Å². The zero-order chi connectivity index (χ0) is 20.8. The van der Waals surface area contributed by atoms with Gasteiger partial charge in [0.1, 0.15) is 5.76 Å². The number of alkyl halides is 3. The summed E-state index contributed by atoms with van der Waals surface area (Å²) >= 11 is 0. The first-order valence-electron chi connectivity index (χ1n) is 9.37. The fourth-order valence-corrected chi connectivity index (χ4v) is 3.69. The highest BCUT2D eigenvalue weighted by Gasteiger charge is 2.37. The molecule has 4 heterocycles. The van der Waals surface area contributed by atoms with Gasteiger partial charge in [0.25, 0.3) is 11.6 Å². The second kappa shape index (κ2) is 7.16. The summed E-state index contributed by atoms with van der Waals surface area (Å²) in [6.07, 6.45) is -2.69. The first-order chi connectivity index (χ1) is 13.8. The van der Waals surface area contributed by atoms with Crippen molar-refractivity contribution in [3.8, 4) is 0 Å². The Morgan fingerprint density at radius 2 is 2.07 bits per heavy atom. The van der Waals surface area contributed by atoms with Crippen molar-refractivity contribution in [3.63, 3.8) is 0 Å². The number of aromatic nitrogens is 3. The van der Waals surface area contributed by atoms with E-state index in [2.05, 4.69) is 15.3 Å². The van der Waals surface area contributed by atoms with Crippen LogP contribution in [-0.4, -0.2) is 39.2 Å². The van der Waals surface area contributed by atoms with E-state index in [0.717, 1.165) is 6.07 Å². The molecule has 0 bridgehead atoms. The maximum atomic E-state index is 13.6. The molecule has 0 saturated carbocycles. The fraction of sp³-hybridized carbons (Fsp3) is 0.474. The molecule has 10 heteroatoms. The van der Waals surface area contributed by atoms with Crippen molar-refractivity contribution < 1.29 is 27.0 Å². The van der Waals surface area contributed by atoms with Gasteiger partial charge < -0.3 is 13.9 Å². The summed E-state index contributed by atoms with van der Waals surface area (Å²) in [5.41, 5.74) is -0.367. The smallest absolute Gasteiger partial charge is 0.361 e. The summed E-state index contributed by atoms with van der Waals surface area (Å²) in [7, 11) is 0. The van der Waals surface area contributed by atoms with Crippen LogP contribution < -0.4 is 0 Å². The summed E-state index contributed by atoms with van der Waals surface area (Å²) in [5.74, 6) is -0.0449. The number of rotatable bonds is 3. The molecule has 4 rings (SSSR count). The van der Waals surface area contributed by atoms with Crippen LogP contribution in [-0.2, 0) is 12.6 Å². The average Bonchev–Trinajstić information content (AvgIpc) is 3.33. The third-order valence-corrected chi connectivity index (χ3v) is 5.20. The van der Waals surface area contributed by atoms with Crippen molar-refractivity contribution in [1.29, 1.82) is 0 Å². The summed E-state index contributed by atoms with van der Waals surface area (Å²) in [4.78, 5) is 18.6. The third kappa shape index (κ3) is 3.58. The Kier molecular flexibility index (Phi) is 4.79. The highest BCUT2D eigenvalue weighted by molar-refractivity contribution is 5.92. The van der Waals surface area contributed by atoms with Crippen LogP contribution in [0.1, 0.15) is 58.9 Å². The van der Waals surface area contributed by atoms with Gasteiger partial charge in [-0.2, -0.15) is 13.2 Å². The van der Waals surface area contributed by atoms with Crippen LogP contribution in [0.25, 0.3) is 11.1 Å². The second-order valence-corrected chi connectivity index (χ2v) is 7.16. The molecule has 1 aliphatic rings. The number of aryl methyl sites for hydroxylation is 2. The standard InChI is InChI=1S/C19H19F3N4O3/c1-3-12-7-15(25-28-12)18(27)26-6-4-5-11(9-26)14-8-13(19(20,21)22)16-10(2)24-29-17(16)23-14/h7-8,11H,3-6,9H2,1-2H3/t11-/m1/s1. The van der Waals surface area contributed by atoms with Crippen molar-refractivity contribution in [2.45, 2.75) is 45.2 Å². The van der Waals surface area contributed by atoms with Crippen molar-refractivity contribution >= 4 is 17.0 Å². The van der Waals surface area contributed by atoms with E-state index in [1.165, 1.54) is 6.92 Å². The van der Waals surface area contributed by atoms with Crippen molar-refractivity contribution in [1.82, 2.24) is 20.2 Å². The predicted molar refractivity (Wildman–Crippen MR) is 95.3 cm³/mol. The number of carbonyl (C=O) groups excluding carboxylic acids is 1. The number of halogens is 3. The Bertz CT molecular complexity index is 1060. The largest absolute Gasteiger partial charge is 0.417 e. The molecule has 7 nitrogen and oxygen atoms in total. The molecule has 0 aromatic carbocycles. The van der Waals surface area contributed by atoms with Crippen LogP contribution in [0.4, 0.5) is 13.2 Å². The van der Waals surface area contributed by atoms with Crippen LogP contribution in [0, 0.1) is 6.92 Å². The van der Waals surface area contributed by atoms with E-state index in [-0.39, 0.29) is 46.6 Å². The number of piperidine rings is 1. The highest BCUT2D eigenvalue weighted by atomic mass is 19.4. The van der Waals surface area contributed by atoms with Gasteiger partial charge in [0, 0.05) is 31.5 Å². The highest BCUT2D eigenvalue weighted by Crippen LogP contribution is 2.38. The second-order valence-electron chi connectivity index (χ2n) is 7.16. The Morgan fingerprint density at radius 3 is 2.76 bits per heavy atom. The number of likely N-dealkylation sites (tertiary alicyclic amines) is 1. The Hall–Kier alpha value is -2.91. The van der Waals surface area contributed by atoms with Crippen molar-refractivity contribution in [2.75, 3.05) is 13.1 Å². The van der Waals surface area contributed by atoms with Gasteiger partial charge in [0.05, 0.1) is 22.3 Å². The molecule has 0 N–H and O–H groups in total. The van der Waals surface area contributed by atoms with E-state index in [4.69, 9.17) is 9.05 Å². The average molecular weight is 408 g/mol. The van der Waals surface area contributed by atoms with Crippen LogP contribution in [0.15, 0.2) is 21.2 Å². The Balaban J connectivity index is 1.64. The predicted octanol–water partition coefficient (Wildman–Crippen LogP) is 4.12. The number of hydrogen-bond donors (Lipinski definition) is 0. The number of carbonyl (C=O) groups is 1. The lowest BCUT2D eigenvalue weighted by Crippen LogP contribution is -2.39. The maximum absolute atomic E-state index is 13.6. The zero-order valence-electron chi connectivity index (χ0n) is 15.9. The molecule has 1 aliphatic heterocycles. The molecular weight excluding hydrogens is 389 g/mol. The van der Waals surface area contributed by atoms with Gasteiger partial charge in [-0.25, -0.2) is 4.98 Å². The number of fused-ring (bicyclic) bond motifs is 1. The van der Waals surface area contributed by atoms with Crippen molar-refractivity contribution in [3.05, 3.63) is 40.5 Å². The number of hydrogen-bond acceptors (Lipinski definition) is 6. The lowest BCUT2D eigenvalue weighted by molar-refractivity contribution is -0.136. The topological polar surface area (TPSA) is 85.3 Å². The molecule has 29 heavy (non-hydrogen) atoms. The van der Waals surface area contributed by atoms with Gasteiger partial charge in [-0.3, -0.25) is 4.79 Å². The lowest BCUT2D eigenvalue weighted by atomic mass is 9.92. The molecule has 1 fully saturated rings. The van der Waals surface area contributed by atoms with E-state index in [0.29, 0.717) is 31.6 Å². The molecule has 0 spiro atoms. The molecule has 0 unspecified atom stereocenters. The van der Waals surface area contributed by atoms with Crippen LogP contribution in [0.2, 0.25) is 0 Å².